The SMILES string of the molecule is O=C(NC1CCN(C(=O)CCc2ccc(Cl)cc2)CC1)C1CCCCC1. The molecule has 1 aliphatic carbocycles. The van der Waals surface area contributed by atoms with Gasteiger partial charge in [-0.05, 0) is 49.8 Å². The van der Waals surface area contributed by atoms with E-state index in [1.807, 2.05) is 29.2 Å². The van der Waals surface area contributed by atoms with Crippen LogP contribution in [0.25, 0.3) is 0 Å². The number of carbonyl (C=O) groups excluding carboxylic acids is 2. The van der Waals surface area contributed by atoms with Gasteiger partial charge >= 0.3 is 0 Å². The molecule has 26 heavy (non-hydrogen) atoms. The summed E-state index contributed by atoms with van der Waals surface area (Å²) in [6.07, 6.45) is 8.70. The zero-order chi connectivity index (χ0) is 18.4. The molecule has 142 valence electrons. The fraction of sp³-hybridized carbons (Fsp3) is 0.619. The van der Waals surface area contributed by atoms with Gasteiger partial charge in [0.15, 0.2) is 0 Å². The second-order valence-electron chi connectivity index (χ2n) is 7.63. The molecule has 0 spiro atoms. The second-order valence-corrected chi connectivity index (χ2v) is 8.06. The Hall–Kier alpha value is -1.55. The lowest BCUT2D eigenvalue weighted by atomic mass is 9.88. The number of piperidine rings is 1. The zero-order valence-electron chi connectivity index (χ0n) is 15.4. The van der Waals surface area contributed by atoms with Crippen molar-refractivity contribution < 1.29 is 9.59 Å². The lowest BCUT2D eigenvalue weighted by Crippen LogP contribution is -2.48. The molecular formula is C21H29ClN2O2. The van der Waals surface area contributed by atoms with E-state index in [0.717, 1.165) is 55.8 Å². The Morgan fingerprint density at radius 2 is 1.65 bits per heavy atom. The highest BCUT2D eigenvalue weighted by Crippen LogP contribution is 2.24. The highest BCUT2D eigenvalue weighted by molar-refractivity contribution is 6.30. The van der Waals surface area contributed by atoms with Gasteiger partial charge in [0.25, 0.3) is 0 Å². The molecule has 0 aromatic heterocycles. The van der Waals surface area contributed by atoms with Crippen molar-refractivity contribution in [2.24, 2.45) is 5.92 Å². The van der Waals surface area contributed by atoms with Crippen molar-refractivity contribution in [1.82, 2.24) is 10.2 Å². The van der Waals surface area contributed by atoms with Crippen LogP contribution >= 0.6 is 11.6 Å². The van der Waals surface area contributed by atoms with Crippen LogP contribution in [0.2, 0.25) is 5.02 Å². The van der Waals surface area contributed by atoms with Crippen LogP contribution < -0.4 is 5.32 Å². The first kappa shape index (κ1) is 19.2. The molecule has 1 heterocycles. The second kappa shape index (κ2) is 9.40. The predicted octanol–water partition coefficient (Wildman–Crippen LogP) is 3.96. The smallest absolute Gasteiger partial charge is 0.223 e. The highest BCUT2D eigenvalue weighted by atomic mass is 35.5. The van der Waals surface area contributed by atoms with Crippen LogP contribution in [0.3, 0.4) is 0 Å². The molecule has 1 saturated carbocycles. The van der Waals surface area contributed by atoms with Crippen LogP contribution in [0.15, 0.2) is 24.3 Å². The van der Waals surface area contributed by atoms with Gasteiger partial charge in [-0.25, -0.2) is 0 Å². The Labute approximate surface area is 161 Å². The molecule has 2 amide bonds. The van der Waals surface area contributed by atoms with E-state index in [1.54, 1.807) is 0 Å². The third-order valence-electron chi connectivity index (χ3n) is 5.71. The molecule has 0 radical (unpaired) electrons. The number of rotatable bonds is 5. The maximum absolute atomic E-state index is 12.4. The molecule has 2 aliphatic rings. The van der Waals surface area contributed by atoms with Gasteiger partial charge in [0.2, 0.25) is 11.8 Å². The molecule has 2 fully saturated rings. The van der Waals surface area contributed by atoms with Crippen molar-refractivity contribution in [3.8, 4) is 0 Å². The first-order valence-corrected chi connectivity index (χ1v) is 10.3. The molecule has 1 aromatic carbocycles. The first-order valence-electron chi connectivity index (χ1n) is 9.94. The summed E-state index contributed by atoms with van der Waals surface area (Å²) in [5.74, 6) is 0.650. The van der Waals surface area contributed by atoms with Crippen molar-refractivity contribution in [3.63, 3.8) is 0 Å². The summed E-state index contributed by atoms with van der Waals surface area (Å²) in [5, 5.41) is 3.94. The predicted molar refractivity (Wildman–Crippen MR) is 104 cm³/mol. The van der Waals surface area contributed by atoms with E-state index < -0.39 is 0 Å². The molecule has 3 rings (SSSR count). The van der Waals surface area contributed by atoms with Crippen LogP contribution in [0.1, 0.15) is 56.9 Å². The minimum atomic E-state index is 0.206. The van der Waals surface area contributed by atoms with Gasteiger partial charge in [0.1, 0.15) is 0 Å². The van der Waals surface area contributed by atoms with Crippen molar-refractivity contribution in [2.45, 2.75) is 63.8 Å². The molecule has 1 saturated heterocycles. The topological polar surface area (TPSA) is 49.4 Å². The Morgan fingerprint density at radius 3 is 2.31 bits per heavy atom. The number of halogens is 1. The molecule has 5 heteroatoms. The van der Waals surface area contributed by atoms with Crippen molar-refractivity contribution in [2.75, 3.05) is 13.1 Å². The summed E-state index contributed by atoms with van der Waals surface area (Å²) >= 11 is 5.89. The van der Waals surface area contributed by atoms with Gasteiger partial charge in [-0.15, -0.1) is 0 Å². The van der Waals surface area contributed by atoms with Crippen molar-refractivity contribution in [3.05, 3.63) is 34.9 Å². The summed E-state index contributed by atoms with van der Waals surface area (Å²) in [7, 11) is 0. The summed E-state index contributed by atoms with van der Waals surface area (Å²) in [5.41, 5.74) is 1.14. The van der Waals surface area contributed by atoms with E-state index >= 15 is 0 Å². The molecular weight excluding hydrogens is 348 g/mol. The van der Waals surface area contributed by atoms with Crippen molar-refractivity contribution in [1.29, 1.82) is 0 Å². The Balaban J connectivity index is 1.38. The standard InChI is InChI=1S/C21H29ClN2O2/c22-18-9-6-16(7-10-18)8-11-20(25)24-14-12-19(13-15-24)23-21(26)17-4-2-1-3-5-17/h6-7,9-10,17,19H,1-5,8,11-15H2,(H,23,26). The maximum atomic E-state index is 12.4. The van der Waals surface area contributed by atoms with Crippen LogP contribution in [-0.2, 0) is 16.0 Å². The highest BCUT2D eigenvalue weighted by Gasteiger charge is 2.27. The lowest BCUT2D eigenvalue weighted by molar-refractivity contribution is -0.132. The molecule has 1 aliphatic heterocycles. The Bertz CT molecular complexity index is 603. The minimum Gasteiger partial charge on any atom is -0.353 e. The van der Waals surface area contributed by atoms with E-state index in [2.05, 4.69) is 5.32 Å². The molecule has 0 unspecified atom stereocenters. The van der Waals surface area contributed by atoms with E-state index in [9.17, 15) is 9.59 Å². The summed E-state index contributed by atoms with van der Waals surface area (Å²) < 4.78 is 0. The van der Waals surface area contributed by atoms with E-state index in [-0.39, 0.29) is 23.8 Å². The largest absolute Gasteiger partial charge is 0.353 e. The lowest BCUT2D eigenvalue weighted by Gasteiger charge is -2.33. The average Bonchev–Trinajstić information content (AvgIpc) is 2.68. The van der Waals surface area contributed by atoms with Crippen LogP contribution in [0.5, 0.6) is 0 Å². The number of aryl methyl sites for hydroxylation is 1. The van der Waals surface area contributed by atoms with Gasteiger partial charge in [-0.3, -0.25) is 9.59 Å². The van der Waals surface area contributed by atoms with Gasteiger partial charge in [-0.2, -0.15) is 0 Å². The van der Waals surface area contributed by atoms with Crippen molar-refractivity contribution >= 4 is 23.4 Å². The molecule has 1 N–H and O–H groups in total. The molecule has 4 nitrogen and oxygen atoms in total. The molecule has 0 atom stereocenters. The number of nitrogens with zero attached hydrogens (tertiary/aromatic N) is 1. The normalized spacial score (nSPS) is 19.3. The Kier molecular flexibility index (Phi) is 6.95. The third-order valence-corrected chi connectivity index (χ3v) is 5.96. The molecule has 1 aromatic rings. The number of amides is 2. The number of carbonyl (C=O) groups is 2. The summed E-state index contributed by atoms with van der Waals surface area (Å²) in [6, 6.07) is 7.90. The quantitative estimate of drug-likeness (QED) is 0.845. The van der Waals surface area contributed by atoms with Crippen LogP contribution in [0.4, 0.5) is 0 Å². The number of hydrogen-bond donors (Lipinski definition) is 1. The monoisotopic (exact) mass is 376 g/mol. The number of benzene rings is 1. The molecule has 0 bridgehead atoms. The van der Waals surface area contributed by atoms with Crippen LogP contribution in [-0.4, -0.2) is 35.8 Å². The van der Waals surface area contributed by atoms with Gasteiger partial charge in [-0.1, -0.05) is 43.0 Å². The van der Waals surface area contributed by atoms with E-state index in [1.165, 1.54) is 19.3 Å². The summed E-state index contributed by atoms with van der Waals surface area (Å²) in [6.45, 7) is 1.49. The van der Waals surface area contributed by atoms with E-state index in [0.29, 0.717) is 6.42 Å². The minimum absolute atomic E-state index is 0.206. The fourth-order valence-electron chi connectivity index (χ4n) is 4.02. The average molecular weight is 377 g/mol. The number of likely N-dealkylation sites (tertiary alicyclic amines) is 1. The number of hydrogen-bond acceptors (Lipinski definition) is 2. The number of nitrogens with one attached hydrogen (secondary N) is 1. The zero-order valence-corrected chi connectivity index (χ0v) is 16.1. The van der Waals surface area contributed by atoms with Gasteiger partial charge in [0.05, 0.1) is 0 Å². The summed E-state index contributed by atoms with van der Waals surface area (Å²) in [4.78, 5) is 26.7. The maximum Gasteiger partial charge on any atom is 0.223 e. The van der Waals surface area contributed by atoms with Crippen LogP contribution in [0, 0.1) is 5.92 Å². The van der Waals surface area contributed by atoms with Gasteiger partial charge in [0, 0.05) is 36.5 Å². The first-order chi connectivity index (χ1) is 12.6. The van der Waals surface area contributed by atoms with E-state index in [4.69, 9.17) is 11.6 Å². The third kappa shape index (κ3) is 5.47. The fourth-order valence-corrected chi connectivity index (χ4v) is 4.14. The Morgan fingerprint density at radius 1 is 1.00 bits per heavy atom. The van der Waals surface area contributed by atoms with Gasteiger partial charge < -0.3 is 10.2 Å².